The van der Waals surface area contributed by atoms with Crippen molar-refractivity contribution in [2.75, 3.05) is 7.11 Å². The van der Waals surface area contributed by atoms with E-state index in [4.69, 9.17) is 4.74 Å². The summed E-state index contributed by atoms with van der Waals surface area (Å²) in [5.74, 6) is -0.362. The molecule has 0 saturated carbocycles. The Balaban J connectivity index is 2.07. The molecule has 1 amide bonds. The Morgan fingerprint density at radius 3 is 2.62 bits per heavy atom. The molecule has 0 aliphatic rings. The molecule has 2 rings (SSSR count). The van der Waals surface area contributed by atoms with Crippen molar-refractivity contribution in [1.82, 2.24) is 5.32 Å². The summed E-state index contributed by atoms with van der Waals surface area (Å²) in [5, 5.41) is 12.6. The first-order chi connectivity index (χ1) is 10.1. The fourth-order valence-corrected chi connectivity index (χ4v) is 2.34. The van der Waals surface area contributed by atoms with Crippen molar-refractivity contribution in [1.29, 1.82) is 0 Å². The maximum Gasteiger partial charge on any atom is 0.255 e. The van der Waals surface area contributed by atoms with Crippen LogP contribution in [-0.4, -0.2) is 18.1 Å². The van der Waals surface area contributed by atoms with Crippen LogP contribution in [0.5, 0.6) is 5.75 Å². The van der Waals surface area contributed by atoms with Gasteiger partial charge in [-0.2, -0.15) is 0 Å². The van der Waals surface area contributed by atoms with Crippen LogP contribution in [0.25, 0.3) is 0 Å². The van der Waals surface area contributed by atoms with Gasteiger partial charge in [-0.25, -0.2) is 0 Å². The van der Waals surface area contributed by atoms with Gasteiger partial charge in [-0.15, -0.1) is 0 Å². The minimum Gasteiger partial charge on any atom is -0.507 e. The molecular formula is C16H16BrNO3. The molecule has 0 fully saturated rings. The third-order valence-electron chi connectivity index (χ3n) is 3.06. The number of carbonyl (C=O) groups is 1. The normalized spacial score (nSPS) is 10.4. The molecule has 0 radical (unpaired) electrons. The highest BCUT2D eigenvalue weighted by atomic mass is 79.9. The number of halogens is 1. The molecule has 21 heavy (non-hydrogen) atoms. The lowest BCUT2D eigenvalue weighted by atomic mass is 10.1. The van der Waals surface area contributed by atoms with E-state index < -0.39 is 0 Å². The molecule has 2 aromatic rings. The highest BCUT2D eigenvalue weighted by Crippen LogP contribution is 2.22. The van der Waals surface area contributed by atoms with E-state index >= 15 is 0 Å². The van der Waals surface area contributed by atoms with Crippen LogP contribution in [0.1, 0.15) is 21.5 Å². The largest absolute Gasteiger partial charge is 0.507 e. The number of rotatable bonds is 5. The number of nitrogens with one attached hydrogen (secondary N) is 1. The zero-order chi connectivity index (χ0) is 15.2. The van der Waals surface area contributed by atoms with Crippen LogP contribution in [0.4, 0.5) is 0 Å². The zero-order valence-electron chi connectivity index (χ0n) is 11.6. The van der Waals surface area contributed by atoms with E-state index in [0.29, 0.717) is 13.2 Å². The Kier molecular flexibility index (Phi) is 5.36. The average Bonchev–Trinajstić information content (AvgIpc) is 2.46. The maximum absolute atomic E-state index is 12.1. The number of phenols is 1. The topological polar surface area (TPSA) is 58.6 Å². The van der Waals surface area contributed by atoms with Crippen molar-refractivity contribution in [2.45, 2.75) is 13.2 Å². The SMILES string of the molecule is COCc1ccccc1CNC(=O)c1ccc(Br)cc1O. The standard InChI is InChI=1S/C16H16BrNO3/c1-21-10-12-5-3-2-4-11(12)9-18-16(20)14-7-6-13(17)8-15(14)19/h2-8,19H,9-10H2,1H3,(H,18,20). The predicted molar refractivity (Wildman–Crippen MR) is 84.1 cm³/mol. The molecule has 0 spiro atoms. The van der Waals surface area contributed by atoms with Gasteiger partial charge in [-0.3, -0.25) is 4.79 Å². The third-order valence-corrected chi connectivity index (χ3v) is 3.56. The summed E-state index contributed by atoms with van der Waals surface area (Å²) >= 11 is 3.24. The van der Waals surface area contributed by atoms with E-state index in [1.54, 1.807) is 19.2 Å². The predicted octanol–water partition coefficient (Wildman–Crippen LogP) is 3.23. The van der Waals surface area contributed by atoms with Gasteiger partial charge in [-0.1, -0.05) is 40.2 Å². The molecule has 0 aliphatic heterocycles. The molecule has 5 heteroatoms. The molecule has 2 aromatic carbocycles. The van der Waals surface area contributed by atoms with Gasteiger partial charge in [0.2, 0.25) is 0 Å². The molecule has 0 aliphatic carbocycles. The summed E-state index contributed by atoms with van der Waals surface area (Å²) in [4.78, 5) is 12.1. The summed E-state index contributed by atoms with van der Waals surface area (Å²) in [7, 11) is 1.63. The molecule has 0 atom stereocenters. The van der Waals surface area contributed by atoms with E-state index in [2.05, 4.69) is 21.2 Å². The van der Waals surface area contributed by atoms with E-state index in [1.807, 2.05) is 24.3 Å². The van der Waals surface area contributed by atoms with Crippen molar-refractivity contribution in [2.24, 2.45) is 0 Å². The van der Waals surface area contributed by atoms with Gasteiger partial charge >= 0.3 is 0 Å². The monoisotopic (exact) mass is 349 g/mol. The van der Waals surface area contributed by atoms with E-state index in [1.165, 1.54) is 6.07 Å². The number of benzene rings is 2. The number of aromatic hydroxyl groups is 1. The van der Waals surface area contributed by atoms with E-state index in [9.17, 15) is 9.90 Å². The fourth-order valence-electron chi connectivity index (χ4n) is 1.99. The molecule has 4 nitrogen and oxygen atoms in total. The number of hydrogen-bond acceptors (Lipinski definition) is 3. The minimum absolute atomic E-state index is 0.0490. The van der Waals surface area contributed by atoms with Crippen LogP contribution in [0.2, 0.25) is 0 Å². The number of phenolic OH excluding ortho intramolecular Hbond substituents is 1. The number of amides is 1. The van der Waals surface area contributed by atoms with Crippen molar-refractivity contribution < 1.29 is 14.6 Å². The Hall–Kier alpha value is -1.85. The van der Waals surface area contributed by atoms with Gasteiger partial charge < -0.3 is 15.2 Å². The maximum atomic E-state index is 12.1. The second-order valence-electron chi connectivity index (χ2n) is 4.55. The Morgan fingerprint density at radius 2 is 1.95 bits per heavy atom. The van der Waals surface area contributed by atoms with Gasteiger partial charge in [0.1, 0.15) is 5.75 Å². The summed E-state index contributed by atoms with van der Waals surface area (Å²) < 4.78 is 5.86. The highest BCUT2D eigenvalue weighted by molar-refractivity contribution is 9.10. The molecule has 2 N–H and O–H groups in total. The number of ether oxygens (including phenoxy) is 1. The summed E-state index contributed by atoms with van der Waals surface area (Å²) in [6.45, 7) is 0.878. The number of carbonyl (C=O) groups excluding carboxylic acids is 1. The van der Waals surface area contributed by atoms with Gasteiger partial charge in [0.25, 0.3) is 5.91 Å². The van der Waals surface area contributed by atoms with Crippen LogP contribution in [0.15, 0.2) is 46.9 Å². The van der Waals surface area contributed by atoms with Crippen LogP contribution in [0, 0.1) is 0 Å². The summed E-state index contributed by atoms with van der Waals surface area (Å²) in [6.07, 6.45) is 0. The molecule has 0 unspecified atom stereocenters. The lowest BCUT2D eigenvalue weighted by Gasteiger charge is -2.11. The number of hydrogen-bond donors (Lipinski definition) is 2. The Bertz CT molecular complexity index is 643. The van der Waals surface area contributed by atoms with Gasteiger partial charge in [0, 0.05) is 18.1 Å². The lowest BCUT2D eigenvalue weighted by Crippen LogP contribution is -2.23. The van der Waals surface area contributed by atoms with Crippen LogP contribution >= 0.6 is 15.9 Å². The summed E-state index contributed by atoms with van der Waals surface area (Å²) in [5.41, 5.74) is 2.27. The van der Waals surface area contributed by atoms with Crippen molar-refractivity contribution in [3.63, 3.8) is 0 Å². The second kappa shape index (κ2) is 7.24. The van der Waals surface area contributed by atoms with Crippen molar-refractivity contribution in [3.05, 3.63) is 63.6 Å². The van der Waals surface area contributed by atoms with E-state index in [0.717, 1.165) is 15.6 Å². The molecule has 0 aromatic heterocycles. The molecule has 0 bridgehead atoms. The second-order valence-corrected chi connectivity index (χ2v) is 5.46. The summed E-state index contributed by atoms with van der Waals surface area (Å²) in [6, 6.07) is 12.5. The Morgan fingerprint density at radius 1 is 1.24 bits per heavy atom. The average molecular weight is 350 g/mol. The molecule has 0 saturated heterocycles. The first-order valence-corrected chi connectivity index (χ1v) is 7.23. The lowest BCUT2D eigenvalue weighted by molar-refractivity contribution is 0.0947. The molecule has 110 valence electrons. The number of methoxy groups -OCH3 is 1. The third kappa shape index (κ3) is 4.06. The van der Waals surface area contributed by atoms with Gasteiger partial charge in [0.15, 0.2) is 0 Å². The van der Waals surface area contributed by atoms with E-state index in [-0.39, 0.29) is 17.2 Å². The van der Waals surface area contributed by atoms with Gasteiger partial charge in [0.05, 0.1) is 12.2 Å². The zero-order valence-corrected chi connectivity index (χ0v) is 13.2. The fraction of sp³-hybridized carbons (Fsp3) is 0.188. The Labute approximate surface area is 131 Å². The smallest absolute Gasteiger partial charge is 0.255 e. The minimum atomic E-state index is -0.313. The van der Waals surface area contributed by atoms with Gasteiger partial charge in [-0.05, 0) is 29.3 Å². The molecular weight excluding hydrogens is 334 g/mol. The van der Waals surface area contributed by atoms with Crippen molar-refractivity contribution in [3.8, 4) is 5.75 Å². The van der Waals surface area contributed by atoms with Crippen LogP contribution < -0.4 is 5.32 Å². The molecule has 0 heterocycles. The quantitative estimate of drug-likeness (QED) is 0.871. The van der Waals surface area contributed by atoms with Crippen LogP contribution in [-0.2, 0) is 17.9 Å². The highest BCUT2D eigenvalue weighted by Gasteiger charge is 2.11. The van der Waals surface area contributed by atoms with Crippen molar-refractivity contribution >= 4 is 21.8 Å². The van der Waals surface area contributed by atoms with Crippen LogP contribution in [0.3, 0.4) is 0 Å². The first kappa shape index (κ1) is 15.5. The first-order valence-electron chi connectivity index (χ1n) is 6.44.